The van der Waals surface area contributed by atoms with Gasteiger partial charge in [-0.2, -0.15) is 0 Å². The highest BCUT2D eigenvalue weighted by Crippen LogP contribution is 2.42. The number of amides is 1. The summed E-state index contributed by atoms with van der Waals surface area (Å²) >= 11 is 0. The average molecular weight is 589 g/mol. The van der Waals surface area contributed by atoms with E-state index in [1.54, 1.807) is 32.0 Å². The van der Waals surface area contributed by atoms with Crippen molar-refractivity contribution in [1.29, 1.82) is 0 Å². The van der Waals surface area contributed by atoms with Crippen molar-refractivity contribution in [3.8, 4) is 5.75 Å². The van der Waals surface area contributed by atoms with Gasteiger partial charge >= 0.3 is 11.9 Å². The summed E-state index contributed by atoms with van der Waals surface area (Å²) in [7, 11) is 3.64. The van der Waals surface area contributed by atoms with Gasteiger partial charge in [0.25, 0.3) is 11.6 Å². The van der Waals surface area contributed by atoms with Crippen LogP contribution in [0.15, 0.2) is 71.1 Å². The van der Waals surface area contributed by atoms with Gasteiger partial charge in [0.05, 0.1) is 34.1 Å². The Morgan fingerprint density at radius 2 is 1.54 bits per heavy atom. The molecule has 220 valence electrons. The number of benzene rings is 2. The molecule has 0 aliphatic carbocycles. The molecule has 2 aromatic carbocycles. The zero-order chi connectivity index (χ0) is 29.4. The van der Waals surface area contributed by atoms with Crippen LogP contribution in [-0.2, 0) is 19.1 Å². The lowest BCUT2D eigenvalue weighted by Gasteiger charge is -2.30. The number of esters is 2. The van der Waals surface area contributed by atoms with Crippen molar-refractivity contribution in [3.05, 3.63) is 92.3 Å². The summed E-state index contributed by atoms with van der Waals surface area (Å²) < 4.78 is 10.9. The summed E-state index contributed by atoms with van der Waals surface area (Å²) in [6, 6.07) is 11.9. The molecular formula is C28H33ClN4O8. The highest BCUT2D eigenvalue weighted by molar-refractivity contribution is 6.00. The quantitative estimate of drug-likeness (QED) is 0.154. The first-order valence-electron chi connectivity index (χ1n) is 12.5. The number of ether oxygens (including phenoxy) is 2. The van der Waals surface area contributed by atoms with Crippen molar-refractivity contribution < 1.29 is 33.9 Å². The average Bonchev–Trinajstić information content (AvgIpc) is 2.90. The Bertz CT molecular complexity index is 1370. The van der Waals surface area contributed by atoms with Crippen LogP contribution in [0.5, 0.6) is 5.75 Å². The van der Waals surface area contributed by atoms with Crippen molar-refractivity contribution in [1.82, 2.24) is 15.5 Å². The molecule has 12 nitrogen and oxygen atoms in total. The Labute approximate surface area is 243 Å². The molecule has 0 bridgehead atoms. The Morgan fingerprint density at radius 3 is 2.12 bits per heavy atom. The standard InChI is InChI=1S/C28H32N4O8.ClH/c1-17-23(27(35)39-15-13-29-26(34)20-10-6-8-12-22(20)33)25(19-9-5-7-11-21(19)32(37)38)24(18(2)30-17)28(36)40-16-14-31(3)4;/h5-12,25,30,33H,13-16H2,1-4H3,(H,29,34);1H. The molecule has 13 heteroatoms. The van der Waals surface area contributed by atoms with Crippen molar-refractivity contribution in [3.63, 3.8) is 0 Å². The fourth-order valence-corrected chi connectivity index (χ4v) is 4.29. The molecule has 1 atom stereocenters. The summed E-state index contributed by atoms with van der Waals surface area (Å²) in [5, 5.41) is 27.3. The number of para-hydroxylation sites is 2. The maximum absolute atomic E-state index is 13.4. The van der Waals surface area contributed by atoms with Gasteiger partial charge in [-0.1, -0.05) is 30.3 Å². The first-order valence-corrected chi connectivity index (χ1v) is 12.5. The number of nitrogens with one attached hydrogen (secondary N) is 2. The second-order valence-electron chi connectivity index (χ2n) is 9.30. The Kier molecular flexibility index (Phi) is 11.9. The number of hydrogen-bond donors (Lipinski definition) is 3. The number of carbonyl (C=O) groups is 3. The minimum atomic E-state index is -1.14. The number of likely N-dealkylation sites (N-methyl/N-ethyl adjacent to an activating group) is 1. The van der Waals surface area contributed by atoms with Gasteiger partial charge in [-0.3, -0.25) is 14.9 Å². The van der Waals surface area contributed by atoms with Crippen LogP contribution in [0.25, 0.3) is 0 Å². The van der Waals surface area contributed by atoms with Gasteiger partial charge in [0.15, 0.2) is 0 Å². The molecule has 0 radical (unpaired) electrons. The zero-order valence-electron chi connectivity index (χ0n) is 23.1. The van der Waals surface area contributed by atoms with E-state index in [0.717, 1.165) is 0 Å². The van der Waals surface area contributed by atoms with E-state index < -0.39 is 28.7 Å². The van der Waals surface area contributed by atoms with Gasteiger partial charge < -0.3 is 30.1 Å². The van der Waals surface area contributed by atoms with E-state index in [4.69, 9.17) is 9.47 Å². The van der Waals surface area contributed by atoms with E-state index >= 15 is 0 Å². The van der Waals surface area contributed by atoms with E-state index in [0.29, 0.717) is 17.9 Å². The maximum atomic E-state index is 13.4. The van der Waals surface area contributed by atoms with E-state index in [2.05, 4.69) is 10.6 Å². The van der Waals surface area contributed by atoms with Crippen LogP contribution in [0.3, 0.4) is 0 Å². The molecule has 41 heavy (non-hydrogen) atoms. The molecule has 2 aromatic rings. The molecule has 0 saturated heterocycles. The van der Waals surface area contributed by atoms with Crippen LogP contribution < -0.4 is 10.6 Å². The summed E-state index contributed by atoms with van der Waals surface area (Å²) in [4.78, 5) is 52.2. The van der Waals surface area contributed by atoms with Crippen LogP contribution in [0.1, 0.15) is 35.7 Å². The predicted octanol–water partition coefficient (Wildman–Crippen LogP) is 3.04. The smallest absolute Gasteiger partial charge is 0.336 e. The third-order valence-electron chi connectivity index (χ3n) is 6.19. The summed E-state index contributed by atoms with van der Waals surface area (Å²) in [5.74, 6) is -3.43. The molecular weight excluding hydrogens is 556 g/mol. The molecule has 0 aromatic heterocycles. The SMILES string of the molecule is CC1=C(C(=O)OCCNC(=O)c2ccccc2O)C(c2ccccc2[N+](=O)[O-])C(C(=O)OCCN(C)C)=C(C)N1.Cl. The third-order valence-corrected chi connectivity index (χ3v) is 6.19. The second kappa shape index (κ2) is 14.8. The Morgan fingerprint density at radius 1 is 0.976 bits per heavy atom. The number of nitrogens with zero attached hydrogens (tertiary/aromatic N) is 2. The van der Waals surface area contributed by atoms with Crippen LogP contribution in [0, 0.1) is 10.1 Å². The molecule has 1 heterocycles. The lowest BCUT2D eigenvalue weighted by molar-refractivity contribution is -0.385. The largest absolute Gasteiger partial charge is 0.507 e. The van der Waals surface area contributed by atoms with Gasteiger partial charge in [0.2, 0.25) is 0 Å². The van der Waals surface area contributed by atoms with Crippen molar-refractivity contribution in [2.45, 2.75) is 19.8 Å². The van der Waals surface area contributed by atoms with Crippen LogP contribution in [0.2, 0.25) is 0 Å². The molecule has 0 saturated carbocycles. The van der Waals surface area contributed by atoms with Crippen molar-refractivity contribution >= 4 is 35.9 Å². The van der Waals surface area contributed by atoms with Gasteiger partial charge in [-0.15, -0.1) is 12.4 Å². The highest BCUT2D eigenvalue weighted by Gasteiger charge is 2.40. The van der Waals surface area contributed by atoms with E-state index in [-0.39, 0.29) is 65.9 Å². The van der Waals surface area contributed by atoms with E-state index in [9.17, 15) is 29.6 Å². The normalized spacial score (nSPS) is 14.6. The number of carbonyl (C=O) groups excluding carboxylic acids is 3. The lowest BCUT2D eigenvalue weighted by Crippen LogP contribution is -2.34. The number of nitro groups is 1. The molecule has 0 spiro atoms. The molecule has 1 aliphatic heterocycles. The van der Waals surface area contributed by atoms with Gasteiger partial charge in [-0.25, -0.2) is 9.59 Å². The van der Waals surface area contributed by atoms with E-state index in [1.807, 2.05) is 19.0 Å². The minimum absolute atomic E-state index is 0. The van der Waals surface area contributed by atoms with Gasteiger partial charge in [0.1, 0.15) is 19.0 Å². The first kappa shape index (κ1) is 32.8. The van der Waals surface area contributed by atoms with Crippen molar-refractivity contribution in [2.24, 2.45) is 0 Å². The molecule has 1 aliphatic rings. The number of aromatic hydroxyl groups is 1. The number of nitro benzene ring substituents is 1. The number of phenols is 1. The number of halogens is 1. The summed E-state index contributed by atoms with van der Waals surface area (Å²) in [6.45, 7) is 3.47. The Hall–Kier alpha value is -4.42. The predicted molar refractivity (Wildman–Crippen MR) is 153 cm³/mol. The summed E-state index contributed by atoms with van der Waals surface area (Å²) in [5.41, 5.74) is 0.736. The molecule has 3 rings (SSSR count). The number of hydrogen-bond acceptors (Lipinski definition) is 10. The topological polar surface area (TPSA) is 160 Å². The van der Waals surface area contributed by atoms with E-state index in [1.165, 1.54) is 30.3 Å². The van der Waals surface area contributed by atoms with Crippen LogP contribution >= 0.6 is 12.4 Å². The number of allylic oxidation sites excluding steroid dienone is 2. The fraction of sp³-hybridized carbons (Fsp3) is 0.321. The third kappa shape index (κ3) is 8.05. The minimum Gasteiger partial charge on any atom is -0.507 e. The maximum Gasteiger partial charge on any atom is 0.336 e. The first-order chi connectivity index (χ1) is 19.0. The second-order valence-corrected chi connectivity index (χ2v) is 9.30. The molecule has 1 unspecified atom stereocenters. The summed E-state index contributed by atoms with van der Waals surface area (Å²) in [6.07, 6.45) is 0. The zero-order valence-corrected chi connectivity index (χ0v) is 23.9. The van der Waals surface area contributed by atoms with Gasteiger partial charge in [-0.05, 0) is 40.1 Å². The molecule has 1 amide bonds. The monoisotopic (exact) mass is 588 g/mol. The number of phenolic OH excluding ortho intramolecular Hbond substituents is 1. The number of dihydropyridines is 1. The van der Waals surface area contributed by atoms with Crippen LogP contribution in [0.4, 0.5) is 5.69 Å². The fourth-order valence-electron chi connectivity index (χ4n) is 4.29. The molecule has 3 N–H and O–H groups in total. The van der Waals surface area contributed by atoms with Gasteiger partial charge in [0, 0.05) is 29.6 Å². The lowest BCUT2D eigenvalue weighted by atomic mass is 9.79. The van der Waals surface area contributed by atoms with Crippen molar-refractivity contribution in [2.75, 3.05) is 40.4 Å². The van der Waals surface area contributed by atoms with Crippen LogP contribution in [-0.4, -0.2) is 73.2 Å². The molecule has 0 fully saturated rings. The number of rotatable bonds is 11. The Balaban J connectivity index is 0.00000588. The highest BCUT2D eigenvalue weighted by atomic mass is 35.5.